The van der Waals surface area contributed by atoms with E-state index in [-0.39, 0.29) is 0 Å². The van der Waals surface area contributed by atoms with Crippen LogP contribution in [-0.4, -0.2) is 0 Å². The highest BCUT2D eigenvalue weighted by Crippen LogP contribution is 2.34. The third-order valence-corrected chi connectivity index (χ3v) is 3.82. The molecule has 0 aliphatic carbocycles. The van der Waals surface area contributed by atoms with Crippen LogP contribution in [0.2, 0.25) is 0 Å². The third-order valence-electron chi connectivity index (χ3n) is 2.10. The highest BCUT2D eigenvalue weighted by molar-refractivity contribution is 7.80. The van der Waals surface area contributed by atoms with Crippen molar-refractivity contribution in [2.45, 2.75) is 18.2 Å². The molecule has 3 heteroatoms. The van der Waals surface area contributed by atoms with Crippen LogP contribution in [0.3, 0.4) is 0 Å². The summed E-state index contributed by atoms with van der Waals surface area (Å²) in [5.74, 6) is 0. The summed E-state index contributed by atoms with van der Waals surface area (Å²) in [4.78, 5) is 2.25. The lowest BCUT2D eigenvalue weighted by Crippen LogP contribution is -1.85. The van der Waals surface area contributed by atoms with E-state index in [0.717, 1.165) is 17.0 Å². The zero-order valence-corrected chi connectivity index (χ0v) is 9.08. The highest BCUT2D eigenvalue weighted by atomic mass is 32.1. The Balaban J connectivity index is 2.76. The zero-order valence-electron chi connectivity index (χ0n) is 7.37. The molecule has 0 amide bonds. The van der Waals surface area contributed by atoms with Crippen molar-refractivity contribution in [1.29, 1.82) is 0 Å². The molecule has 0 unspecified atom stereocenters. The number of anilines is 1. The fourth-order valence-corrected chi connectivity index (χ4v) is 2.66. The predicted molar refractivity (Wildman–Crippen MR) is 62.9 cm³/mol. The normalized spacial score (nSPS) is 10.9. The minimum Gasteiger partial charge on any atom is -0.397 e. The fraction of sp³-hybridized carbons (Fsp3) is 0.200. The largest absolute Gasteiger partial charge is 0.397 e. The van der Waals surface area contributed by atoms with E-state index in [1.807, 2.05) is 6.07 Å². The Morgan fingerprint density at radius 3 is 2.92 bits per heavy atom. The van der Waals surface area contributed by atoms with Gasteiger partial charge in [-0.05, 0) is 23.9 Å². The van der Waals surface area contributed by atoms with Crippen LogP contribution in [0.5, 0.6) is 0 Å². The summed E-state index contributed by atoms with van der Waals surface area (Å²) in [5, 5.41) is 1.23. The van der Waals surface area contributed by atoms with Gasteiger partial charge in [-0.15, -0.1) is 24.0 Å². The van der Waals surface area contributed by atoms with Gasteiger partial charge in [0.15, 0.2) is 0 Å². The van der Waals surface area contributed by atoms with Crippen LogP contribution in [0.15, 0.2) is 23.1 Å². The third kappa shape index (κ3) is 1.42. The first-order valence-corrected chi connectivity index (χ1v) is 5.48. The van der Waals surface area contributed by atoms with Gasteiger partial charge in [0.25, 0.3) is 0 Å². The Bertz CT molecular complexity index is 445. The molecule has 0 aliphatic heterocycles. The number of hydrogen-bond donors (Lipinski definition) is 2. The second-order valence-electron chi connectivity index (χ2n) is 2.98. The van der Waals surface area contributed by atoms with E-state index in [1.54, 1.807) is 11.3 Å². The van der Waals surface area contributed by atoms with E-state index >= 15 is 0 Å². The van der Waals surface area contributed by atoms with Crippen LogP contribution >= 0.6 is 24.0 Å². The summed E-state index contributed by atoms with van der Waals surface area (Å²) in [5.41, 5.74) is 6.73. The molecule has 2 N–H and O–H groups in total. The quantitative estimate of drug-likeness (QED) is 0.547. The molecule has 1 heterocycles. The molecule has 1 nitrogen and oxygen atoms in total. The molecule has 2 aromatic rings. The molecule has 0 bridgehead atoms. The van der Waals surface area contributed by atoms with Crippen molar-refractivity contribution in [3.63, 3.8) is 0 Å². The number of fused-ring (bicyclic) bond motifs is 1. The maximum absolute atomic E-state index is 5.92. The lowest BCUT2D eigenvalue weighted by atomic mass is 10.2. The van der Waals surface area contributed by atoms with E-state index in [1.165, 1.54) is 15.0 Å². The topological polar surface area (TPSA) is 26.0 Å². The van der Waals surface area contributed by atoms with Crippen LogP contribution in [0.4, 0.5) is 5.69 Å². The summed E-state index contributed by atoms with van der Waals surface area (Å²) in [6.07, 6.45) is 1.07. The molecule has 0 spiro atoms. The predicted octanol–water partition coefficient (Wildman–Crippen LogP) is 3.33. The number of nitrogen functional groups attached to an aromatic ring is 1. The van der Waals surface area contributed by atoms with Crippen molar-refractivity contribution in [2.75, 3.05) is 5.73 Å². The summed E-state index contributed by atoms with van der Waals surface area (Å²) in [7, 11) is 0. The summed E-state index contributed by atoms with van der Waals surface area (Å²) >= 11 is 6.06. The molecular weight excluding hydrogens is 198 g/mol. The van der Waals surface area contributed by atoms with Crippen molar-refractivity contribution in [3.8, 4) is 0 Å². The minimum atomic E-state index is 0.811. The molecule has 13 heavy (non-hydrogen) atoms. The Labute approximate surface area is 87.0 Å². The van der Waals surface area contributed by atoms with Gasteiger partial charge >= 0.3 is 0 Å². The number of thiophene rings is 1. The van der Waals surface area contributed by atoms with E-state index in [0.29, 0.717) is 0 Å². The van der Waals surface area contributed by atoms with Gasteiger partial charge in [-0.2, -0.15) is 0 Å². The lowest BCUT2D eigenvalue weighted by Gasteiger charge is -1.98. The monoisotopic (exact) mass is 209 g/mol. The molecule has 0 atom stereocenters. The van der Waals surface area contributed by atoms with E-state index in [2.05, 4.69) is 31.7 Å². The smallest absolute Gasteiger partial charge is 0.0630 e. The van der Waals surface area contributed by atoms with E-state index in [4.69, 9.17) is 5.73 Å². The van der Waals surface area contributed by atoms with Crippen LogP contribution < -0.4 is 5.73 Å². The van der Waals surface area contributed by atoms with Crippen LogP contribution in [0.25, 0.3) is 10.1 Å². The number of aryl methyl sites for hydroxylation is 1. The van der Waals surface area contributed by atoms with Crippen LogP contribution in [-0.2, 0) is 6.42 Å². The van der Waals surface area contributed by atoms with Crippen LogP contribution in [0, 0.1) is 0 Å². The molecule has 0 aliphatic rings. The van der Waals surface area contributed by atoms with Gasteiger partial charge in [0.05, 0.1) is 10.4 Å². The number of hydrogen-bond acceptors (Lipinski definition) is 3. The van der Waals surface area contributed by atoms with E-state index in [9.17, 15) is 0 Å². The summed E-state index contributed by atoms with van der Waals surface area (Å²) in [6, 6.07) is 6.22. The van der Waals surface area contributed by atoms with Crippen molar-refractivity contribution in [1.82, 2.24) is 0 Å². The number of thiol groups is 1. The van der Waals surface area contributed by atoms with Gasteiger partial charge in [-0.25, -0.2) is 0 Å². The van der Waals surface area contributed by atoms with Crippen LogP contribution in [0.1, 0.15) is 11.8 Å². The molecular formula is C10H11NS2. The van der Waals surface area contributed by atoms with Gasteiger partial charge in [0.2, 0.25) is 0 Å². The molecule has 1 aromatic carbocycles. The summed E-state index contributed by atoms with van der Waals surface area (Å²) < 4.78 is 1.17. The second-order valence-corrected chi connectivity index (χ2v) is 4.60. The number of nitrogens with two attached hydrogens (primary N) is 1. The standard InChI is InChI=1S/C10H11NS2/c1-2-7-5-6-3-4-8(12)9(11)10(6)13-7/h3-5,12H,2,11H2,1H3. The molecule has 2 rings (SSSR count). The fourth-order valence-electron chi connectivity index (χ4n) is 1.34. The molecule has 0 saturated heterocycles. The molecule has 0 fully saturated rings. The first kappa shape index (κ1) is 8.91. The van der Waals surface area contributed by atoms with Crippen molar-refractivity contribution in [2.24, 2.45) is 0 Å². The Hall–Kier alpha value is -0.670. The molecule has 68 valence electrons. The van der Waals surface area contributed by atoms with Crippen molar-refractivity contribution in [3.05, 3.63) is 23.1 Å². The van der Waals surface area contributed by atoms with Gasteiger partial charge in [0, 0.05) is 9.77 Å². The van der Waals surface area contributed by atoms with Gasteiger partial charge in [0.1, 0.15) is 0 Å². The molecule has 0 saturated carbocycles. The molecule has 1 aromatic heterocycles. The minimum absolute atomic E-state index is 0.811. The first-order chi connectivity index (χ1) is 6.22. The second kappa shape index (κ2) is 3.24. The van der Waals surface area contributed by atoms with Gasteiger partial charge < -0.3 is 5.73 Å². The van der Waals surface area contributed by atoms with Crippen molar-refractivity contribution < 1.29 is 0 Å². The average molecular weight is 209 g/mol. The lowest BCUT2D eigenvalue weighted by molar-refractivity contribution is 1.19. The Morgan fingerprint density at radius 2 is 2.23 bits per heavy atom. The Kier molecular flexibility index (Phi) is 2.22. The summed E-state index contributed by atoms with van der Waals surface area (Å²) in [6.45, 7) is 2.16. The van der Waals surface area contributed by atoms with E-state index < -0.39 is 0 Å². The van der Waals surface area contributed by atoms with Gasteiger partial charge in [-0.1, -0.05) is 13.0 Å². The average Bonchev–Trinajstić information content (AvgIpc) is 2.55. The number of rotatable bonds is 1. The zero-order chi connectivity index (χ0) is 9.42. The maximum atomic E-state index is 5.92. The Morgan fingerprint density at radius 1 is 1.46 bits per heavy atom. The first-order valence-electron chi connectivity index (χ1n) is 4.22. The van der Waals surface area contributed by atoms with Crippen molar-refractivity contribution >= 4 is 39.7 Å². The SMILES string of the molecule is CCc1cc2ccc(S)c(N)c2s1. The number of benzene rings is 1. The van der Waals surface area contributed by atoms with Gasteiger partial charge in [-0.3, -0.25) is 0 Å². The molecule has 0 radical (unpaired) electrons. The maximum Gasteiger partial charge on any atom is 0.0630 e. The highest BCUT2D eigenvalue weighted by Gasteiger charge is 2.05.